The molecule has 1 saturated carbocycles. The Morgan fingerprint density at radius 3 is 2.97 bits per heavy atom. The molecule has 3 atom stereocenters. The third-order valence-corrected chi connectivity index (χ3v) is 5.49. The van der Waals surface area contributed by atoms with E-state index in [1.807, 2.05) is 24.3 Å². The van der Waals surface area contributed by atoms with Gasteiger partial charge in [-0.05, 0) is 43.5 Å². The zero-order chi connectivity index (χ0) is 20.1. The minimum absolute atomic E-state index is 0.00496. The minimum Gasteiger partial charge on any atom is -0.456 e. The number of aromatic nitrogens is 2. The Bertz CT molecular complexity index is 1200. The lowest BCUT2D eigenvalue weighted by atomic mass is 10.2. The van der Waals surface area contributed by atoms with Crippen LogP contribution in [-0.2, 0) is 4.79 Å². The van der Waals surface area contributed by atoms with E-state index >= 15 is 0 Å². The summed E-state index contributed by atoms with van der Waals surface area (Å²) in [7, 11) is 0. The maximum Gasteiger partial charge on any atom is 0.220 e. The minimum atomic E-state index is -0.753. The van der Waals surface area contributed by atoms with Gasteiger partial charge in [-0.15, -0.1) is 0 Å². The first-order valence-corrected chi connectivity index (χ1v) is 9.60. The van der Waals surface area contributed by atoms with E-state index in [2.05, 4.69) is 15.3 Å². The van der Waals surface area contributed by atoms with E-state index in [-0.39, 0.29) is 23.3 Å². The predicted molar refractivity (Wildman–Crippen MR) is 104 cm³/mol. The van der Waals surface area contributed by atoms with E-state index in [0.717, 1.165) is 29.3 Å². The molecule has 0 spiro atoms. The molecule has 1 amide bonds. The summed E-state index contributed by atoms with van der Waals surface area (Å²) < 4.78 is 32.7. The zero-order valence-electron chi connectivity index (χ0n) is 15.7. The summed E-state index contributed by atoms with van der Waals surface area (Å²) >= 11 is 0. The number of nitrogens with one attached hydrogen (secondary N) is 2. The van der Waals surface area contributed by atoms with Crippen molar-refractivity contribution in [1.82, 2.24) is 15.3 Å². The van der Waals surface area contributed by atoms with Crippen LogP contribution in [0.1, 0.15) is 43.3 Å². The lowest BCUT2D eigenvalue weighted by Crippen LogP contribution is -2.26. The van der Waals surface area contributed by atoms with Crippen LogP contribution in [0.25, 0.3) is 22.0 Å². The molecule has 7 heteroatoms. The molecular weight excluding hydrogens is 376 g/mol. The van der Waals surface area contributed by atoms with Crippen LogP contribution in [0, 0.1) is 17.6 Å². The summed E-state index contributed by atoms with van der Waals surface area (Å²) in [5, 5.41) is 3.22. The number of fused-ring (bicyclic) bond motifs is 2. The standard InChI is InChI=1S/C22H19F2N3O2/c1-11(19-8-13-6-14(23)10-16(24)21(13)29-19)25-20(28)9-12-7-15(12)22-26-17-4-2-3-5-18(17)27-22/h2-6,8,10-12,15H,7,9H2,1H3,(H,25,28)(H,26,27)/t11-,12+,15+/m1/s1. The largest absolute Gasteiger partial charge is 0.456 e. The number of nitrogens with zero attached hydrogens (tertiary/aromatic N) is 1. The van der Waals surface area contributed by atoms with Gasteiger partial charge in [0.05, 0.1) is 17.1 Å². The first-order valence-electron chi connectivity index (χ1n) is 9.60. The van der Waals surface area contributed by atoms with Crippen molar-refractivity contribution in [2.75, 3.05) is 0 Å². The average Bonchev–Trinajstić information content (AvgIpc) is 3.11. The summed E-state index contributed by atoms with van der Waals surface area (Å²) in [5.41, 5.74) is 1.93. The molecule has 2 heterocycles. The number of H-pyrrole nitrogens is 1. The summed E-state index contributed by atoms with van der Waals surface area (Å²) in [4.78, 5) is 20.4. The number of aromatic amines is 1. The summed E-state index contributed by atoms with van der Waals surface area (Å²) in [5.74, 6) is 0.292. The van der Waals surface area contributed by atoms with E-state index in [9.17, 15) is 13.6 Å². The molecule has 2 N–H and O–H groups in total. The van der Waals surface area contributed by atoms with Crippen molar-refractivity contribution in [2.45, 2.75) is 31.7 Å². The summed E-state index contributed by atoms with van der Waals surface area (Å²) in [6.45, 7) is 1.76. The maximum absolute atomic E-state index is 13.8. The number of benzene rings is 2. The number of carbonyl (C=O) groups excluding carboxylic acids is 1. The molecule has 148 valence electrons. The number of para-hydroxylation sites is 2. The fourth-order valence-electron chi connectivity index (χ4n) is 3.88. The molecule has 4 aromatic rings. The normalized spacial score (nSPS) is 19.6. The predicted octanol–water partition coefficient (Wildman–Crippen LogP) is 4.96. The van der Waals surface area contributed by atoms with Crippen molar-refractivity contribution in [2.24, 2.45) is 5.92 Å². The fraction of sp³-hybridized carbons (Fsp3) is 0.273. The second-order valence-corrected chi connectivity index (χ2v) is 7.69. The highest BCUT2D eigenvalue weighted by Gasteiger charge is 2.42. The molecule has 1 aliphatic carbocycles. The van der Waals surface area contributed by atoms with Crippen LogP contribution < -0.4 is 5.32 Å². The van der Waals surface area contributed by atoms with Gasteiger partial charge >= 0.3 is 0 Å². The van der Waals surface area contributed by atoms with Gasteiger partial charge < -0.3 is 14.7 Å². The summed E-state index contributed by atoms with van der Waals surface area (Å²) in [6.07, 6.45) is 1.30. The van der Waals surface area contributed by atoms with Crippen molar-refractivity contribution < 1.29 is 18.0 Å². The molecule has 0 radical (unpaired) electrons. The van der Waals surface area contributed by atoms with Crippen LogP contribution in [0.15, 0.2) is 46.9 Å². The number of halogens is 2. The van der Waals surface area contributed by atoms with E-state index in [1.165, 1.54) is 6.07 Å². The quantitative estimate of drug-likeness (QED) is 0.502. The average molecular weight is 395 g/mol. The molecule has 1 aliphatic rings. The molecule has 1 fully saturated rings. The highest BCUT2D eigenvalue weighted by Crippen LogP contribution is 2.48. The smallest absolute Gasteiger partial charge is 0.220 e. The van der Waals surface area contributed by atoms with Crippen molar-refractivity contribution >= 4 is 27.9 Å². The fourth-order valence-corrected chi connectivity index (χ4v) is 3.88. The van der Waals surface area contributed by atoms with Crippen LogP contribution in [0.3, 0.4) is 0 Å². The second kappa shape index (κ2) is 6.69. The highest BCUT2D eigenvalue weighted by molar-refractivity contribution is 5.80. The molecule has 0 unspecified atom stereocenters. The van der Waals surface area contributed by atoms with Gasteiger partial charge in [-0.2, -0.15) is 0 Å². The van der Waals surface area contributed by atoms with Gasteiger partial charge in [-0.3, -0.25) is 4.79 Å². The van der Waals surface area contributed by atoms with Crippen molar-refractivity contribution in [1.29, 1.82) is 0 Å². The Hall–Kier alpha value is -3.22. The second-order valence-electron chi connectivity index (χ2n) is 7.69. The highest BCUT2D eigenvalue weighted by atomic mass is 19.1. The lowest BCUT2D eigenvalue weighted by molar-refractivity contribution is -0.122. The van der Waals surface area contributed by atoms with E-state index in [1.54, 1.807) is 13.0 Å². The Labute approximate surface area is 165 Å². The monoisotopic (exact) mass is 395 g/mol. The van der Waals surface area contributed by atoms with Gasteiger partial charge in [0.25, 0.3) is 0 Å². The number of rotatable bonds is 5. The van der Waals surface area contributed by atoms with Crippen molar-refractivity contribution in [3.8, 4) is 0 Å². The van der Waals surface area contributed by atoms with Crippen LogP contribution in [0.5, 0.6) is 0 Å². The van der Waals surface area contributed by atoms with Gasteiger partial charge in [-0.1, -0.05) is 12.1 Å². The van der Waals surface area contributed by atoms with Crippen LogP contribution in [0.2, 0.25) is 0 Å². The molecule has 0 bridgehead atoms. The topological polar surface area (TPSA) is 70.9 Å². The molecule has 29 heavy (non-hydrogen) atoms. The van der Waals surface area contributed by atoms with Crippen molar-refractivity contribution in [3.05, 3.63) is 65.7 Å². The SMILES string of the molecule is C[C@@H](NC(=O)C[C@@H]1C[C@@H]1c1nc2ccccc2[nH]1)c1cc2cc(F)cc(F)c2o1. The Kier molecular flexibility index (Phi) is 4.12. The van der Waals surface area contributed by atoms with Gasteiger partial charge in [0.1, 0.15) is 17.4 Å². The molecule has 5 nitrogen and oxygen atoms in total. The first-order chi connectivity index (χ1) is 14.0. The molecule has 2 aromatic heterocycles. The number of imidazole rings is 1. The first kappa shape index (κ1) is 17.8. The Morgan fingerprint density at radius 2 is 2.14 bits per heavy atom. The molecule has 5 rings (SSSR count). The number of furan rings is 1. The van der Waals surface area contributed by atoms with Gasteiger partial charge in [0.2, 0.25) is 5.91 Å². The maximum atomic E-state index is 13.8. The Balaban J connectivity index is 1.22. The summed E-state index contributed by atoms with van der Waals surface area (Å²) in [6, 6.07) is 11.0. The number of hydrogen-bond donors (Lipinski definition) is 2. The molecule has 0 saturated heterocycles. The zero-order valence-corrected chi connectivity index (χ0v) is 15.7. The van der Waals surface area contributed by atoms with Crippen LogP contribution in [0.4, 0.5) is 8.78 Å². The van der Waals surface area contributed by atoms with E-state index in [0.29, 0.717) is 17.6 Å². The van der Waals surface area contributed by atoms with E-state index in [4.69, 9.17) is 4.42 Å². The number of amides is 1. The van der Waals surface area contributed by atoms with Gasteiger partial charge in [-0.25, -0.2) is 13.8 Å². The third-order valence-electron chi connectivity index (χ3n) is 5.49. The number of carbonyl (C=O) groups is 1. The number of hydrogen-bond acceptors (Lipinski definition) is 3. The van der Waals surface area contributed by atoms with Crippen LogP contribution in [-0.4, -0.2) is 15.9 Å². The molecule has 0 aliphatic heterocycles. The van der Waals surface area contributed by atoms with Crippen molar-refractivity contribution in [3.63, 3.8) is 0 Å². The Morgan fingerprint density at radius 1 is 1.31 bits per heavy atom. The molecular formula is C22H19F2N3O2. The van der Waals surface area contributed by atoms with Crippen LogP contribution >= 0.6 is 0 Å². The van der Waals surface area contributed by atoms with E-state index < -0.39 is 17.7 Å². The van der Waals surface area contributed by atoms with Gasteiger partial charge in [0.15, 0.2) is 11.4 Å². The van der Waals surface area contributed by atoms with Gasteiger partial charge in [0, 0.05) is 23.8 Å². The third kappa shape index (κ3) is 3.37. The molecule has 2 aromatic carbocycles. The lowest BCUT2D eigenvalue weighted by Gasteiger charge is -2.11.